The number of carbonyl (C=O) groups excluding carboxylic acids is 3. The zero-order chi connectivity index (χ0) is 38.8. The van der Waals surface area contributed by atoms with Crippen molar-refractivity contribution >= 4 is 46.4 Å². The minimum atomic E-state index is -0.364. The topological polar surface area (TPSA) is 112 Å². The van der Waals surface area contributed by atoms with Gasteiger partial charge in [-0.05, 0) is 149 Å². The summed E-state index contributed by atoms with van der Waals surface area (Å²) in [6.07, 6.45) is 8.69. The molecule has 3 aromatic rings. The molecule has 2 atom stereocenters. The SMILES string of the molecule is C[C@H]1CC2(CCN(c3ccc(C(=O)N4CCC(CN5CCC(c6ccc(N[C@H]7CCC(=O)NC7=O)cc6)CC5)CC4)cc3)CC2)CN1c1ccc(C#N)c(Cl)c1. The number of likely N-dealkylation sites (tertiary alicyclic amines) is 2. The van der Waals surface area contributed by atoms with Crippen LogP contribution in [0.15, 0.2) is 66.7 Å². The van der Waals surface area contributed by atoms with E-state index in [-0.39, 0.29) is 29.2 Å². The lowest BCUT2D eigenvalue weighted by atomic mass is 9.76. The summed E-state index contributed by atoms with van der Waals surface area (Å²) >= 11 is 6.38. The third-order valence-corrected chi connectivity index (χ3v) is 13.8. The van der Waals surface area contributed by atoms with Crippen LogP contribution in [0.2, 0.25) is 5.02 Å². The van der Waals surface area contributed by atoms with Gasteiger partial charge in [0.25, 0.3) is 5.91 Å². The lowest BCUT2D eigenvalue weighted by molar-refractivity contribution is -0.133. The fourth-order valence-electron chi connectivity index (χ4n) is 10.1. The molecule has 0 radical (unpaired) electrons. The van der Waals surface area contributed by atoms with Crippen LogP contribution in [0.4, 0.5) is 17.1 Å². The van der Waals surface area contributed by atoms with Crippen molar-refractivity contribution in [2.24, 2.45) is 11.3 Å². The molecule has 2 N–H and O–H groups in total. The van der Waals surface area contributed by atoms with Gasteiger partial charge >= 0.3 is 0 Å². The number of hydrogen-bond donors (Lipinski definition) is 2. The quantitative estimate of drug-likeness (QED) is 0.235. The van der Waals surface area contributed by atoms with Crippen LogP contribution >= 0.6 is 11.6 Å². The van der Waals surface area contributed by atoms with E-state index in [0.717, 1.165) is 114 Å². The maximum absolute atomic E-state index is 13.5. The van der Waals surface area contributed by atoms with Crippen LogP contribution in [-0.2, 0) is 9.59 Å². The van der Waals surface area contributed by atoms with Gasteiger partial charge in [-0.3, -0.25) is 19.7 Å². The monoisotopic (exact) mass is 775 g/mol. The Morgan fingerprint density at radius 1 is 0.893 bits per heavy atom. The van der Waals surface area contributed by atoms with Crippen molar-refractivity contribution in [3.05, 3.63) is 88.4 Å². The molecule has 0 saturated carbocycles. The van der Waals surface area contributed by atoms with Gasteiger partial charge in [-0.25, -0.2) is 0 Å². The van der Waals surface area contributed by atoms with E-state index >= 15 is 0 Å². The molecule has 0 bridgehead atoms. The molecule has 294 valence electrons. The van der Waals surface area contributed by atoms with Gasteiger partial charge in [0, 0.05) is 74.4 Å². The Labute approximate surface area is 336 Å². The minimum absolute atomic E-state index is 0.148. The second-order valence-corrected chi connectivity index (χ2v) is 17.5. The second-order valence-electron chi connectivity index (χ2n) is 17.1. The number of carbonyl (C=O) groups is 3. The first kappa shape index (κ1) is 38.3. The summed E-state index contributed by atoms with van der Waals surface area (Å²) in [7, 11) is 0. The summed E-state index contributed by atoms with van der Waals surface area (Å²) in [5.74, 6) is 0.864. The number of piperidine rings is 4. The Kier molecular flexibility index (Phi) is 11.3. The van der Waals surface area contributed by atoms with E-state index in [2.05, 4.69) is 79.6 Å². The Bertz CT molecular complexity index is 1940. The normalized spacial score (nSPS) is 23.6. The predicted molar refractivity (Wildman–Crippen MR) is 221 cm³/mol. The highest BCUT2D eigenvalue weighted by Gasteiger charge is 2.44. The molecule has 5 aliphatic heterocycles. The standard InChI is InChI=1S/C45H54ClN7O3/c1-31-27-45(30-53(31)39-11-6-36(28-47)40(46)26-39)18-24-51(25-19-45)38-9-4-35(5-10-38)44(56)52-22-14-32(15-23-52)29-50-20-16-34(17-21-50)33-2-7-37(8-3-33)48-41-12-13-42(54)49-43(41)55/h2-11,26,31-32,34,41,48H,12-25,27,29-30H2,1H3,(H,49,54,55)/t31-,41-/m0/s1. The van der Waals surface area contributed by atoms with Gasteiger partial charge in [0.2, 0.25) is 11.8 Å². The molecule has 8 rings (SSSR count). The molecule has 0 aliphatic carbocycles. The van der Waals surface area contributed by atoms with Gasteiger partial charge in [0.1, 0.15) is 12.1 Å². The lowest BCUT2D eigenvalue weighted by Gasteiger charge is -2.40. The Balaban J connectivity index is 0.752. The van der Waals surface area contributed by atoms with Crippen molar-refractivity contribution < 1.29 is 14.4 Å². The molecular formula is C45H54ClN7O3. The molecule has 5 saturated heterocycles. The molecule has 5 heterocycles. The van der Waals surface area contributed by atoms with Gasteiger partial charge in [-0.2, -0.15) is 5.26 Å². The Morgan fingerprint density at radius 2 is 1.59 bits per heavy atom. The van der Waals surface area contributed by atoms with E-state index < -0.39 is 0 Å². The van der Waals surface area contributed by atoms with Crippen molar-refractivity contribution in [1.82, 2.24) is 15.1 Å². The lowest BCUT2D eigenvalue weighted by Crippen LogP contribution is -2.47. The zero-order valence-electron chi connectivity index (χ0n) is 32.5. The summed E-state index contributed by atoms with van der Waals surface area (Å²) in [5, 5.41) is 15.5. The van der Waals surface area contributed by atoms with E-state index in [1.807, 2.05) is 30.3 Å². The molecule has 0 aromatic heterocycles. The summed E-state index contributed by atoms with van der Waals surface area (Å²) in [6.45, 7) is 10.3. The molecule has 11 heteroatoms. The number of benzene rings is 3. The summed E-state index contributed by atoms with van der Waals surface area (Å²) < 4.78 is 0. The van der Waals surface area contributed by atoms with Gasteiger partial charge in [0.15, 0.2) is 0 Å². The Hall–Kier alpha value is -4.59. The second kappa shape index (κ2) is 16.5. The third-order valence-electron chi connectivity index (χ3n) is 13.4. The smallest absolute Gasteiger partial charge is 0.253 e. The predicted octanol–water partition coefficient (Wildman–Crippen LogP) is 7.05. The molecular weight excluding hydrogens is 722 g/mol. The largest absolute Gasteiger partial charge is 0.374 e. The number of imide groups is 1. The Morgan fingerprint density at radius 3 is 2.25 bits per heavy atom. The number of halogens is 1. The number of nitrogens with one attached hydrogen (secondary N) is 2. The van der Waals surface area contributed by atoms with Crippen molar-refractivity contribution in [3.8, 4) is 6.07 Å². The highest BCUT2D eigenvalue weighted by molar-refractivity contribution is 6.32. The number of hydrogen-bond acceptors (Lipinski definition) is 8. The van der Waals surface area contributed by atoms with E-state index in [1.54, 1.807) is 0 Å². The first-order chi connectivity index (χ1) is 27.1. The fourth-order valence-corrected chi connectivity index (χ4v) is 10.3. The maximum atomic E-state index is 13.5. The number of rotatable bonds is 8. The molecule has 5 aliphatic rings. The number of amides is 3. The van der Waals surface area contributed by atoms with E-state index in [9.17, 15) is 19.6 Å². The summed E-state index contributed by atoms with van der Waals surface area (Å²) in [6, 6.07) is 24.8. The first-order valence-electron chi connectivity index (χ1n) is 20.7. The average Bonchev–Trinajstić information content (AvgIpc) is 3.54. The van der Waals surface area contributed by atoms with Crippen molar-refractivity contribution in [3.63, 3.8) is 0 Å². The van der Waals surface area contributed by atoms with Crippen LogP contribution in [0.25, 0.3) is 0 Å². The van der Waals surface area contributed by atoms with Gasteiger partial charge in [-0.15, -0.1) is 0 Å². The van der Waals surface area contributed by atoms with Crippen LogP contribution < -0.4 is 20.4 Å². The van der Waals surface area contributed by atoms with Gasteiger partial charge < -0.3 is 24.9 Å². The molecule has 1 spiro atoms. The molecule has 10 nitrogen and oxygen atoms in total. The zero-order valence-corrected chi connectivity index (χ0v) is 33.3. The highest BCUT2D eigenvalue weighted by Crippen LogP contribution is 2.46. The van der Waals surface area contributed by atoms with E-state index in [4.69, 9.17) is 11.6 Å². The van der Waals surface area contributed by atoms with Crippen LogP contribution in [0.3, 0.4) is 0 Å². The first-order valence-corrected chi connectivity index (χ1v) is 21.1. The number of nitriles is 1. The number of anilines is 3. The van der Waals surface area contributed by atoms with Gasteiger partial charge in [-0.1, -0.05) is 23.7 Å². The van der Waals surface area contributed by atoms with Crippen molar-refractivity contribution in [2.75, 3.05) is 67.5 Å². The fraction of sp³-hybridized carbons (Fsp3) is 0.511. The minimum Gasteiger partial charge on any atom is -0.374 e. The maximum Gasteiger partial charge on any atom is 0.253 e. The molecule has 0 unspecified atom stereocenters. The van der Waals surface area contributed by atoms with Crippen LogP contribution in [0.1, 0.15) is 92.1 Å². The van der Waals surface area contributed by atoms with Crippen molar-refractivity contribution in [1.29, 1.82) is 5.26 Å². The van der Waals surface area contributed by atoms with Crippen LogP contribution in [-0.4, -0.2) is 92.0 Å². The summed E-state index contributed by atoms with van der Waals surface area (Å²) in [4.78, 5) is 46.7. The molecule has 3 aromatic carbocycles. The summed E-state index contributed by atoms with van der Waals surface area (Å²) in [5.41, 5.74) is 6.14. The number of nitrogens with zero attached hydrogens (tertiary/aromatic N) is 5. The molecule has 5 fully saturated rings. The molecule has 3 amide bonds. The van der Waals surface area contributed by atoms with E-state index in [1.165, 1.54) is 11.3 Å². The molecule has 56 heavy (non-hydrogen) atoms. The van der Waals surface area contributed by atoms with Crippen molar-refractivity contribution in [2.45, 2.75) is 82.7 Å². The van der Waals surface area contributed by atoms with Crippen LogP contribution in [0, 0.1) is 22.7 Å². The average molecular weight is 776 g/mol. The van der Waals surface area contributed by atoms with E-state index in [0.29, 0.717) is 41.3 Å². The van der Waals surface area contributed by atoms with Crippen LogP contribution in [0.5, 0.6) is 0 Å². The third kappa shape index (κ3) is 8.40. The highest BCUT2D eigenvalue weighted by atomic mass is 35.5. The van der Waals surface area contributed by atoms with Gasteiger partial charge in [0.05, 0.1) is 10.6 Å².